The van der Waals surface area contributed by atoms with E-state index in [1.807, 2.05) is 43.5 Å². The van der Waals surface area contributed by atoms with E-state index in [4.69, 9.17) is 0 Å². The summed E-state index contributed by atoms with van der Waals surface area (Å²) in [5, 5.41) is 9.48. The lowest BCUT2D eigenvalue weighted by molar-refractivity contribution is -0.137. The van der Waals surface area contributed by atoms with Crippen molar-refractivity contribution in [3.05, 3.63) is 93.9 Å². The highest BCUT2D eigenvalue weighted by Gasteiger charge is 2.34. The Labute approximate surface area is 243 Å². The second-order valence-corrected chi connectivity index (χ2v) is 11.2. The smallest absolute Gasteiger partial charge is 0.324 e. The number of nitrogens with one attached hydrogen (secondary N) is 2. The number of nitrogens with zero attached hydrogens (tertiary/aromatic N) is 4. The second kappa shape index (κ2) is 11.1. The largest absolute Gasteiger partial charge is 0.417 e. The molecule has 1 aliphatic heterocycles. The van der Waals surface area contributed by atoms with Crippen molar-refractivity contribution in [3.8, 4) is 21.7 Å². The molecule has 0 radical (unpaired) electrons. The lowest BCUT2D eigenvalue weighted by Crippen LogP contribution is -2.24. The van der Waals surface area contributed by atoms with Crippen LogP contribution in [0.15, 0.2) is 77.2 Å². The summed E-state index contributed by atoms with van der Waals surface area (Å²) in [6, 6.07) is 13.3. The zero-order chi connectivity index (χ0) is 29.4. The molecule has 6 rings (SSSR count). The summed E-state index contributed by atoms with van der Waals surface area (Å²) < 4.78 is 43.7. The molecule has 4 heterocycles. The number of hydrogen-bond acceptors (Lipinski definition) is 7. The van der Waals surface area contributed by atoms with Gasteiger partial charge in [-0.2, -0.15) is 18.2 Å². The van der Waals surface area contributed by atoms with Crippen molar-refractivity contribution in [3.63, 3.8) is 0 Å². The van der Waals surface area contributed by atoms with Crippen molar-refractivity contribution in [1.82, 2.24) is 24.8 Å². The van der Waals surface area contributed by atoms with Gasteiger partial charge in [0.2, 0.25) is 5.95 Å². The maximum atomic E-state index is 14.0. The molecule has 2 aromatic carbocycles. The van der Waals surface area contributed by atoms with Crippen LogP contribution in [-0.4, -0.2) is 32.6 Å². The minimum atomic E-state index is -4.53. The molecule has 0 atom stereocenters. The lowest BCUT2D eigenvalue weighted by atomic mass is 9.94. The van der Waals surface area contributed by atoms with Gasteiger partial charge in [-0.15, -0.1) is 11.3 Å². The highest BCUT2D eigenvalue weighted by atomic mass is 32.1. The van der Waals surface area contributed by atoms with Gasteiger partial charge in [0, 0.05) is 52.6 Å². The molecule has 0 fully saturated rings. The summed E-state index contributed by atoms with van der Waals surface area (Å²) >= 11 is 1.54. The Morgan fingerprint density at radius 1 is 1.02 bits per heavy atom. The number of hydrogen-bond donors (Lipinski definition) is 2. The molecular formula is C31H27F3N6OS. The summed E-state index contributed by atoms with van der Waals surface area (Å²) in [7, 11) is 0. The van der Waals surface area contributed by atoms with Crippen LogP contribution in [0.2, 0.25) is 0 Å². The zero-order valence-electron chi connectivity index (χ0n) is 22.9. The molecule has 0 saturated carbocycles. The Morgan fingerprint density at radius 3 is 2.48 bits per heavy atom. The Kier molecular flexibility index (Phi) is 7.38. The standard InChI is InChI=1S/C31H27F3N6OS/c1-18(2)40-27-22(15-25(29(40)41)19-3-5-21(6-4-19)28-36-13-14-42-28)17-37-30(39-27)38-23-7-8-24(20-9-11-35-12-10-20)26(16-23)31(32,33)34/h3-9,13-18,35H,10-12H2,1-2H3,(H,37,38,39). The quantitative estimate of drug-likeness (QED) is 0.217. The maximum Gasteiger partial charge on any atom is 0.417 e. The number of benzene rings is 2. The fourth-order valence-corrected chi connectivity index (χ4v) is 5.80. The molecular weight excluding hydrogens is 561 g/mol. The van der Waals surface area contributed by atoms with E-state index in [1.165, 1.54) is 17.4 Å². The first-order valence-electron chi connectivity index (χ1n) is 13.5. The third-order valence-electron chi connectivity index (χ3n) is 7.16. The summed E-state index contributed by atoms with van der Waals surface area (Å²) in [5.74, 6) is 0.0961. The average Bonchev–Trinajstić information content (AvgIpc) is 3.52. The average molecular weight is 589 g/mol. The minimum Gasteiger partial charge on any atom is -0.324 e. The molecule has 0 unspecified atom stereocenters. The van der Waals surface area contributed by atoms with E-state index < -0.39 is 11.7 Å². The van der Waals surface area contributed by atoms with E-state index in [9.17, 15) is 18.0 Å². The van der Waals surface area contributed by atoms with Gasteiger partial charge in [0.1, 0.15) is 10.7 Å². The van der Waals surface area contributed by atoms with E-state index in [2.05, 4.69) is 25.6 Å². The third-order valence-corrected chi connectivity index (χ3v) is 7.98. The van der Waals surface area contributed by atoms with Crippen molar-refractivity contribution in [2.24, 2.45) is 0 Å². The monoisotopic (exact) mass is 588 g/mol. The molecule has 0 aliphatic carbocycles. The van der Waals surface area contributed by atoms with Gasteiger partial charge in [-0.05, 0) is 61.7 Å². The van der Waals surface area contributed by atoms with E-state index in [1.54, 1.807) is 35.2 Å². The van der Waals surface area contributed by atoms with Gasteiger partial charge in [0.25, 0.3) is 5.56 Å². The molecule has 0 amide bonds. The highest BCUT2D eigenvalue weighted by Crippen LogP contribution is 2.38. The predicted molar refractivity (Wildman–Crippen MR) is 161 cm³/mol. The van der Waals surface area contributed by atoms with Gasteiger partial charge in [-0.1, -0.05) is 36.4 Å². The molecule has 3 aromatic heterocycles. The second-order valence-electron chi connectivity index (χ2n) is 10.3. The Balaban J connectivity index is 1.37. The maximum absolute atomic E-state index is 14.0. The number of alkyl halides is 3. The summed E-state index contributed by atoms with van der Waals surface area (Å²) in [4.78, 5) is 27.0. The first-order valence-corrected chi connectivity index (χ1v) is 14.4. The molecule has 0 saturated heterocycles. The van der Waals surface area contributed by atoms with E-state index in [0.29, 0.717) is 41.7 Å². The molecule has 5 aromatic rings. The Bertz CT molecular complexity index is 1840. The van der Waals surface area contributed by atoms with Crippen LogP contribution in [-0.2, 0) is 6.18 Å². The van der Waals surface area contributed by atoms with Crippen LogP contribution in [0.5, 0.6) is 0 Å². The number of fused-ring (bicyclic) bond motifs is 1. The number of halogens is 3. The van der Waals surface area contributed by atoms with Crippen molar-refractivity contribution >= 4 is 39.6 Å². The third kappa shape index (κ3) is 5.45. The molecule has 2 N–H and O–H groups in total. The number of aromatic nitrogens is 4. The SMILES string of the molecule is CC(C)n1c(=O)c(-c2ccc(-c3nccs3)cc2)cc2cnc(Nc3ccc(C4=CCNCC4)c(C(F)(F)F)c3)nc21. The van der Waals surface area contributed by atoms with E-state index in [0.717, 1.165) is 22.2 Å². The van der Waals surface area contributed by atoms with Gasteiger partial charge >= 0.3 is 6.18 Å². The highest BCUT2D eigenvalue weighted by molar-refractivity contribution is 7.13. The van der Waals surface area contributed by atoms with Crippen molar-refractivity contribution in [2.75, 3.05) is 18.4 Å². The molecule has 42 heavy (non-hydrogen) atoms. The van der Waals surface area contributed by atoms with E-state index >= 15 is 0 Å². The van der Waals surface area contributed by atoms with E-state index in [-0.39, 0.29) is 28.8 Å². The predicted octanol–water partition coefficient (Wildman–Crippen LogP) is 7.30. The number of pyridine rings is 1. The van der Waals surface area contributed by atoms with Crippen LogP contribution >= 0.6 is 11.3 Å². The fraction of sp³-hybridized carbons (Fsp3) is 0.226. The molecule has 0 bridgehead atoms. The summed E-state index contributed by atoms with van der Waals surface area (Å²) in [6.45, 7) is 4.93. The van der Waals surface area contributed by atoms with Crippen LogP contribution in [0, 0.1) is 0 Å². The van der Waals surface area contributed by atoms with Crippen molar-refractivity contribution in [2.45, 2.75) is 32.5 Å². The van der Waals surface area contributed by atoms with Crippen LogP contribution in [0.3, 0.4) is 0 Å². The normalized spacial score (nSPS) is 13.9. The van der Waals surface area contributed by atoms with Gasteiger partial charge in [-0.25, -0.2) is 9.97 Å². The van der Waals surface area contributed by atoms with Gasteiger partial charge < -0.3 is 10.6 Å². The summed E-state index contributed by atoms with van der Waals surface area (Å²) in [6.07, 6.45) is 1.11. The van der Waals surface area contributed by atoms with Crippen LogP contribution < -0.4 is 16.2 Å². The first-order chi connectivity index (χ1) is 20.2. The Morgan fingerprint density at radius 2 is 1.81 bits per heavy atom. The lowest BCUT2D eigenvalue weighted by Gasteiger charge is -2.20. The van der Waals surface area contributed by atoms with Gasteiger partial charge in [0.05, 0.1) is 5.56 Å². The number of anilines is 2. The van der Waals surface area contributed by atoms with Crippen LogP contribution in [0.4, 0.5) is 24.8 Å². The topological polar surface area (TPSA) is 84.7 Å². The van der Waals surface area contributed by atoms with Crippen molar-refractivity contribution in [1.29, 1.82) is 0 Å². The van der Waals surface area contributed by atoms with Crippen molar-refractivity contribution < 1.29 is 13.2 Å². The Hall–Kier alpha value is -4.35. The van der Waals surface area contributed by atoms with Gasteiger partial charge in [-0.3, -0.25) is 9.36 Å². The minimum absolute atomic E-state index is 0.0961. The molecule has 1 aliphatic rings. The summed E-state index contributed by atoms with van der Waals surface area (Å²) in [5.41, 5.74) is 2.73. The van der Waals surface area contributed by atoms with Gasteiger partial charge in [0.15, 0.2) is 0 Å². The zero-order valence-corrected chi connectivity index (χ0v) is 23.7. The van der Waals surface area contributed by atoms with Crippen LogP contribution in [0.1, 0.15) is 37.4 Å². The fourth-order valence-electron chi connectivity index (χ4n) is 5.16. The van der Waals surface area contributed by atoms with Crippen LogP contribution in [0.25, 0.3) is 38.3 Å². The molecule has 11 heteroatoms. The molecule has 214 valence electrons. The number of thiazole rings is 1. The molecule has 7 nitrogen and oxygen atoms in total. The molecule has 0 spiro atoms. The number of rotatable bonds is 6. The first kappa shape index (κ1) is 27.8.